The molecule has 0 bridgehead atoms. The van der Waals surface area contributed by atoms with Gasteiger partial charge in [-0.3, -0.25) is 4.79 Å². The van der Waals surface area contributed by atoms with Crippen molar-refractivity contribution < 1.29 is 13.9 Å². The molecule has 4 aromatic rings. The molecule has 1 atom stereocenters. The molecule has 0 aliphatic heterocycles. The van der Waals surface area contributed by atoms with Gasteiger partial charge in [0.15, 0.2) is 0 Å². The molecule has 0 amide bonds. The zero-order chi connectivity index (χ0) is 17.9. The van der Waals surface area contributed by atoms with Gasteiger partial charge in [0.25, 0.3) is 0 Å². The Morgan fingerprint density at radius 1 is 0.846 bits per heavy atom. The van der Waals surface area contributed by atoms with Crippen molar-refractivity contribution in [2.45, 2.75) is 5.92 Å². The van der Waals surface area contributed by atoms with Gasteiger partial charge in [-0.1, -0.05) is 78.9 Å². The third-order valence-electron chi connectivity index (χ3n) is 4.52. The minimum atomic E-state index is -0.621. The molecule has 3 nitrogen and oxygen atoms in total. The Kier molecular flexibility index (Phi) is 4.28. The van der Waals surface area contributed by atoms with Gasteiger partial charge in [-0.15, -0.1) is 0 Å². The predicted octanol–water partition coefficient (Wildman–Crippen LogP) is 5.40. The monoisotopic (exact) mass is 342 g/mol. The molecular formula is C23H18O3. The van der Waals surface area contributed by atoms with Gasteiger partial charge in [0, 0.05) is 10.9 Å². The fourth-order valence-electron chi connectivity index (χ4n) is 3.33. The molecule has 26 heavy (non-hydrogen) atoms. The third-order valence-corrected chi connectivity index (χ3v) is 4.52. The number of para-hydroxylation sites is 1. The zero-order valence-corrected chi connectivity index (χ0v) is 14.4. The Morgan fingerprint density at radius 2 is 1.46 bits per heavy atom. The van der Waals surface area contributed by atoms with E-state index < -0.39 is 5.92 Å². The van der Waals surface area contributed by atoms with Crippen molar-refractivity contribution in [2.24, 2.45) is 0 Å². The second-order valence-corrected chi connectivity index (χ2v) is 6.07. The number of esters is 1. The maximum Gasteiger partial charge on any atom is 0.320 e. The summed E-state index contributed by atoms with van der Waals surface area (Å²) < 4.78 is 11.3. The molecule has 128 valence electrons. The fraction of sp³-hybridized carbons (Fsp3) is 0.0870. The first-order valence-electron chi connectivity index (χ1n) is 8.49. The minimum absolute atomic E-state index is 0.340. The maximum atomic E-state index is 12.7. The lowest BCUT2D eigenvalue weighted by Crippen LogP contribution is -2.15. The molecule has 0 spiro atoms. The van der Waals surface area contributed by atoms with E-state index in [1.165, 1.54) is 7.11 Å². The highest BCUT2D eigenvalue weighted by Gasteiger charge is 2.31. The summed E-state index contributed by atoms with van der Waals surface area (Å²) in [5.41, 5.74) is 3.54. The van der Waals surface area contributed by atoms with Crippen LogP contribution in [0.5, 0.6) is 0 Å². The Balaban J connectivity index is 2.02. The Bertz CT molecular complexity index is 1030. The van der Waals surface area contributed by atoms with Crippen molar-refractivity contribution >= 4 is 16.9 Å². The number of benzene rings is 3. The van der Waals surface area contributed by atoms with E-state index >= 15 is 0 Å². The highest BCUT2D eigenvalue weighted by Crippen LogP contribution is 2.41. The van der Waals surface area contributed by atoms with Crippen molar-refractivity contribution in [3.8, 4) is 11.1 Å². The van der Waals surface area contributed by atoms with Crippen molar-refractivity contribution in [1.82, 2.24) is 0 Å². The Labute approximate surface area is 151 Å². The van der Waals surface area contributed by atoms with Crippen molar-refractivity contribution in [2.75, 3.05) is 7.11 Å². The number of fused-ring (bicyclic) bond motifs is 1. The standard InChI is InChI=1S/C23H18O3/c1-25-23(24)21(17-12-6-3-7-13-17)22-20(16-10-4-2-5-11-16)18-14-8-9-15-19(18)26-22/h2-15,21H,1H3. The normalized spacial score (nSPS) is 12.0. The molecule has 0 aliphatic rings. The molecule has 0 N–H and O–H groups in total. The summed E-state index contributed by atoms with van der Waals surface area (Å²) in [6.45, 7) is 0. The molecule has 3 aromatic carbocycles. The summed E-state index contributed by atoms with van der Waals surface area (Å²) in [6.07, 6.45) is 0. The van der Waals surface area contributed by atoms with Crippen LogP contribution in [0.3, 0.4) is 0 Å². The molecule has 0 fully saturated rings. The Hall–Kier alpha value is -3.33. The number of methoxy groups -OCH3 is 1. The van der Waals surface area contributed by atoms with E-state index in [0.717, 1.165) is 27.7 Å². The Morgan fingerprint density at radius 3 is 2.15 bits per heavy atom. The van der Waals surface area contributed by atoms with E-state index in [-0.39, 0.29) is 5.97 Å². The smallest absolute Gasteiger partial charge is 0.320 e. The summed E-state index contributed by atoms with van der Waals surface area (Å²) in [7, 11) is 1.41. The number of rotatable bonds is 4. The fourth-order valence-corrected chi connectivity index (χ4v) is 3.33. The second-order valence-electron chi connectivity index (χ2n) is 6.07. The van der Waals surface area contributed by atoms with Gasteiger partial charge in [0.05, 0.1) is 7.11 Å². The summed E-state index contributed by atoms with van der Waals surface area (Å²) in [5, 5.41) is 0.985. The largest absolute Gasteiger partial charge is 0.468 e. The number of hydrogen-bond donors (Lipinski definition) is 0. The molecule has 0 radical (unpaired) electrons. The van der Waals surface area contributed by atoms with Gasteiger partial charge in [0.2, 0.25) is 0 Å². The summed E-state index contributed by atoms with van der Waals surface area (Å²) in [5.74, 6) is -0.355. The predicted molar refractivity (Wildman–Crippen MR) is 102 cm³/mol. The lowest BCUT2D eigenvalue weighted by Gasteiger charge is -2.15. The van der Waals surface area contributed by atoms with Gasteiger partial charge in [0.1, 0.15) is 17.3 Å². The molecule has 1 heterocycles. The van der Waals surface area contributed by atoms with Crippen LogP contribution >= 0.6 is 0 Å². The van der Waals surface area contributed by atoms with E-state index in [2.05, 4.69) is 0 Å². The maximum absolute atomic E-state index is 12.7. The van der Waals surface area contributed by atoms with Crippen molar-refractivity contribution in [1.29, 1.82) is 0 Å². The van der Waals surface area contributed by atoms with Crippen molar-refractivity contribution in [3.05, 3.63) is 96.3 Å². The highest BCUT2D eigenvalue weighted by molar-refractivity contribution is 5.98. The molecule has 1 aromatic heterocycles. The molecular weight excluding hydrogens is 324 g/mol. The van der Waals surface area contributed by atoms with Crippen LogP contribution in [0.2, 0.25) is 0 Å². The summed E-state index contributed by atoms with van der Waals surface area (Å²) in [4.78, 5) is 12.7. The van der Waals surface area contributed by atoms with Crippen LogP contribution in [0.1, 0.15) is 17.2 Å². The molecule has 1 unspecified atom stereocenters. The quantitative estimate of drug-likeness (QED) is 0.466. The molecule has 0 saturated heterocycles. The summed E-state index contributed by atoms with van der Waals surface area (Å²) >= 11 is 0. The van der Waals surface area contributed by atoms with Gasteiger partial charge in [-0.25, -0.2) is 0 Å². The minimum Gasteiger partial charge on any atom is -0.468 e. The average molecular weight is 342 g/mol. The number of furan rings is 1. The van der Waals surface area contributed by atoms with E-state index in [9.17, 15) is 4.79 Å². The first-order valence-corrected chi connectivity index (χ1v) is 8.49. The first kappa shape index (κ1) is 16.2. The van der Waals surface area contributed by atoms with Crippen LogP contribution in [-0.4, -0.2) is 13.1 Å². The van der Waals surface area contributed by atoms with Gasteiger partial charge >= 0.3 is 5.97 Å². The number of carbonyl (C=O) groups excluding carboxylic acids is 1. The van der Waals surface area contributed by atoms with Gasteiger partial charge < -0.3 is 9.15 Å². The molecule has 0 saturated carbocycles. The zero-order valence-electron chi connectivity index (χ0n) is 14.4. The van der Waals surface area contributed by atoms with Crippen LogP contribution in [0.15, 0.2) is 89.3 Å². The van der Waals surface area contributed by atoms with Gasteiger partial charge in [-0.05, 0) is 17.2 Å². The number of ether oxygens (including phenoxy) is 1. The van der Waals surface area contributed by atoms with E-state index in [1.807, 2.05) is 84.9 Å². The third kappa shape index (κ3) is 2.78. The second kappa shape index (κ2) is 6.89. The highest BCUT2D eigenvalue weighted by atomic mass is 16.5. The number of carbonyl (C=O) groups is 1. The molecule has 4 rings (SSSR count). The van der Waals surface area contributed by atoms with E-state index in [4.69, 9.17) is 9.15 Å². The van der Waals surface area contributed by atoms with E-state index in [1.54, 1.807) is 0 Å². The average Bonchev–Trinajstić information content (AvgIpc) is 3.08. The van der Waals surface area contributed by atoms with Gasteiger partial charge in [-0.2, -0.15) is 0 Å². The topological polar surface area (TPSA) is 39.4 Å². The van der Waals surface area contributed by atoms with E-state index in [0.29, 0.717) is 5.76 Å². The van der Waals surface area contributed by atoms with Crippen molar-refractivity contribution in [3.63, 3.8) is 0 Å². The van der Waals surface area contributed by atoms with Crippen LogP contribution < -0.4 is 0 Å². The molecule has 3 heteroatoms. The summed E-state index contributed by atoms with van der Waals surface area (Å²) in [6, 6.07) is 27.4. The van der Waals surface area contributed by atoms with Crippen LogP contribution in [0.4, 0.5) is 0 Å². The van der Waals surface area contributed by atoms with Crippen LogP contribution in [0, 0.1) is 0 Å². The van der Waals surface area contributed by atoms with Crippen LogP contribution in [0.25, 0.3) is 22.1 Å². The van der Waals surface area contributed by atoms with Crippen LogP contribution in [-0.2, 0) is 9.53 Å². The SMILES string of the molecule is COC(=O)C(c1ccccc1)c1oc2ccccc2c1-c1ccccc1. The lowest BCUT2D eigenvalue weighted by atomic mass is 9.90. The lowest BCUT2D eigenvalue weighted by molar-refractivity contribution is -0.141. The number of hydrogen-bond acceptors (Lipinski definition) is 3. The first-order chi connectivity index (χ1) is 12.8. The molecule has 0 aliphatic carbocycles.